The first-order valence-electron chi connectivity index (χ1n) is 6.52. The fourth-order valence-corrected chi connectivity index (χ4v) is 2.13. The van der Waals surface area contributed by atoms with Crippen molar-refractivity contribution in [1.29, 1.82) is 0 Å². The van der Waals surface area contributed by atoms with Crippen LogP contribution in [0.25, 0.3) is 0 Å². The van der Waals surface area contributed by atoms with Crippen molar-refractivity contribution in [3.8, 4) is 0 Å². The molecule has 0 aliphatic carbocycles. The lowest BCUT2D eigenvalue weighted by molar-refractivity contribution is 0.0146. The summed E-state index contributed by atoms with van der Waals surface area (Å²) in [4.78, 5) is 13.9. The minimum absolute atomic E-state index is 0.181. The molecule has 1 aliphatic heterocycles. The molecule has 0 aromatic heterocycles. The van der Waals surface area contributed by atoms with Gasteiger partial charge in [-0.3, -0.25) is 0 Å². The summed E-state index contributed by atoms with van der Waals surface area (Å²) >= 11 is 0. The Bertz CT molecular complexity index is 261. The van der Waals surface area contributed by atoms with Crippen molar-refractivity contribution in [2.45, 2.75) is 65.1 Å². The Kier molecular flexibility index (Phi) is 4.80. The monoisotopic (exact) mass is 242 g/mol. The number of nitrogens with one attached hydrogen (secondary N) is 1. The van der Waals surface area contributed by atoms with Crippen LogP contribution in [0.5, 0.6) is 0 Å². The summed E-state index contributed by atoms with van der Waals surface area (Å²) in [5.74, 6) is 0. The molecular weight excluding hydrogens is 216 g/mol. The normalized spacial score (nSPS) is 27.2. The fraction of sp³-hybridized carbons (Fsp3) is 0.923. The van der Waals surface area contributed by atoms with E-state index in [-0.39, 0.29) is 12.1 Å². The second-order valence-electron chi connectivity index (χ2n) is 5.97. The number of hydrogen-bond acceptors (Lipinski definition) is 3. The van der Waals surface area contributed by atoms with Crippen molar-refractivity contribution in [1.82, 2.24) is 10.2 Å². The summed E-state index contributed by atoms with van der Waals surface area (Å²) in [6.45, 7) is 11.7. The van der Waals surface area contributed by atoms with Crippen LogP contribution in [0, 0.1) is 0 Å². The van der Waals surface area contributed by atoms with Crippen LogP contribution < -0.4 is 5.32 Å². The van der Waals surface area contributed by atoms with Gasteiger partial charge in [-0.15, -0.1) is 0 Å². The zero-order chi connectivity index (χ0) is 13.1. The van der Waals surface area contributed by atoms with E-state index in [1.54, 1.807) is 0 Å². The quantitative estimate of drug-likeness (QED) is 0.709. The zero-order valence-corrected chi connectivity index (χ0v) is 11.7. The maximum Gasteiger partial charge on any atom is 0.410 e. The molecule has 1 heterocycles. The fourth-order valence-electron chi connectivity index (χ4n) is 2.13. The first-order valence-corrected chi connectivity index (χ1v) is 6.52. The van der Waals surface area contributed by atoms with Crippen LogP contribution in [-0.4, -0.2) is 41.8 Å². The summed E-state index contributed by atoms with van der Waals surface area (Å²) in [6, 6.07) is 0.683. The van der Waals surface area contributed by atoms with E-state index in [4.69, 9.17) is 4.74 Å². The van der Waals surface area contributed by atoms with Gasteiger partial charge in [-0.05, 0) is 54.0 Å². The van der Waals surface area contributed by atoms with Crippen LogP contribution in [-0.2, 0) is 4.74 Å². The topological polar surface area (TPSA) is 41.6 Å². The average Bonchev–Trinajstić information content (AvgIpc) is 2.11. The molecule has 1 rings (SSSR count). The highest BCUT2D eigenvalue weighted by Crippen LogP contribution is 2.16. The third kappa shape index (κ3) is 4.94. The van der Waals surface area contributed by atoms with Gasteiger partial charge in [0.15, 0.2) is 0 Å². The van der Waals surface area contributed by atoms with Crippen molar-refractivity contribution < 1.29 is 9.53 Å². The highest BCUT2D eigenvalue weighted by atomic mass is 16.6. The number of nitrogens with zero attached hydrogens (tertiary/aromatic N) is 1. The maximum atomic E-state index is 12.1. The number of carbonyl (C=O) groups excluding carboxylic acids is 1. The minimum atomic E-state index is -0.414. The molecule has 4 heteroatoms. The van der Waals surface area contributed by atoms with Crippen molar-refractivity contribution in [2.75, 3.05) is 13.1 Å². The Balaban J connectivity index is 2.62. The van der Waals surface area contributed by atoms with Gasteiger partial charge in [0.05, 0.1) is 0 Å². The summed E-state index contributed by atoms with van der Waals surface area (Å²) in [5.41, 5.74) is -0.414. The zero-order valence-electron chi connectivity index (χ0n) is 11.7. The van der Waals surface area contributed by atoms with Crippen LogP contribution in [0.3, 0.4) is 0 Å². The van der Waals surface area contributed by atoms with Gasteiger partial charge in [0.25, 0.3) is 0 Å². The molecule has 0 aromatic rings. The maximum absolute atomic E-state index is 12.1. The predicted octanol–water partition coefficient (Wildman–Crippen LogP) is 2.38. The van der Waals surface area contributed by atoms with Gasteiger partial charge < -0.3 is 15.0 Å². The third-order valence-electron chi connectivity index (χ3n) is 2.92. The first kappa shape index (κ1) is 14.3. The molecule has 17 heavy (non-hydrogen) atoms. The van der Waals surface area contributed by atoms with E-state index >= 15 is 0 Å². The van der Waals surface area contributed by atoms with Crippen molar-refractivity contribution in [3.05, 3.63) is 0 Å². The third-order valence-corrected chi connectivity index (χ3v) is 2.92. The number of ether oxygens (including phenoxy) is 1. The van der Waals surface area contributed by atoms with E-state index in [0.29, 0.717) is 6.04 Å². The van der Waals surface area contributed by atoms with Crippen molar-refractivity contribution in [2.24, 2.45) is 0 Å². The lowest BCUT2D eigenvalue weighted by Gasteiger charge is -2.35. The van der Waals surface area contributed by atoms with Gasteiger partial charge in [-0.2, -0.15) is 0 Å². The van der Waals surface area contributed by atoms with Gasteiger partial charge >= 0.3 is 6.09 Å². The number of amides is 1. The van der Waals surface area contributed by atoms with Gasteiger partial charge in [0.2, 0.25) is 0 Å². The molecule has 0 bridgehead atoms. The molecule has 1 N–H and O–H groups in total. The van der Waals surface area contributed by atoms with Gasteiger partial charge in [-0.25, -0.2) is 4.79 Å². The minimum Gasteiger partial charge on any atom is -0.444 e. The SMILES string of the molecule is CC1CC(C)N(C(=O)OC(C)(C)C)CCCN1. The summed E-state index contributed by atoms with van der Waals surface area (Å²) in [6.07, 6.45) is 1.77. The second kappa shape index (κ2) is 5.71. The largest absolute Gasteiger partial charge is 0.444 e. The Labute approximate surface area is 105 Å². The average molecular weight is 242 g/mol. The molecule has 1 saturated heterocycles. The van der Waals surface area contributed by atoms with Crippen LogP contribution in [0.15, 0.2) is 0 Å². The molecule has 1 aliphatic rings. The Morgan fingerprint density at radius 2 is 2.00 bits per heavy atom. The molecule has 4 nitrogen and oxygen atoms in total. The highest BCUT2D eigenvalue weighted by molar-refractivity contribution is 5.68. The van der Waals surface area contributed by atoms with Crippen LogP contribution in [0.4, 0.5) is 4.79 Å². The summed E-state index contributed by atoms with van der Waals surface area (Å²) in [7, 11) is 0. The van der Waals surface area contributed by atoms with Crippen LogP contribution in [0.1, 0.15) is 47.5 Å². The van der Waals surface area contributed by atoms with Crippen molar-refractivity contribution >= 4 is 6.09 Å². The molecule has 2 unspecified atom stereocenters. The number of hydrogen-bond donors (Lipinski definition) is 1. The van der Waals surface area contributed by atoms with E-state index < -0.39 is 5.60 Å². The molecular formula is C13H26N2O2. The molecule has 0 radical (unpaired) electrons. The molecule has 0 spiro atoms. The van der Waals surface area contributed by atoms with Gasteiger partial charge in [0, 0.05) is 18.6 Å². The summed E-state index contributed by atoms with van der Waals surface area (Å²) < 4.78 is 5.45. The molecule has 100 valence electrons. The number of carbonyl (C=O) groups is 1. The first-order chi connectivity index (χ1) is 7.79. The second-order valence-corrected chi connectivity index (χ2v) is 5.97. The van der Waals surface area contributed by atoms with E-state index in [9.17, 15) is 4.79 Å². The Hall–Kier alpha value is -0.770. The molecule has 1 amide bonds. The van der Waals surface area contributed by atoms with E-state index in [1.165, 1.54) is 0 Å². The highest BCUT2D eigenvalue weighted by Gasteiger charge is 2.27. The molecule has 2 atom stereocenters. The van der Waals surface area contributed by atoms with Gasteiger partial charge in [-0.1, -0.05) is 0 Å². The molecule has 0 aromatic carbocycles. The number of rotatable bonds is 0. The molecule has 0 saturated carbocycles. The van der Waals surface area contributed by atoms with E-state index in [1.807, 2.05) is 25.7 Å². The Morgan fingerprint density at radius 3 is 2.59 bits per heavy atom. The Morgan fingerprint density at radius 1 is 1.35 bits per heavy atom. The van der Waals surface area contributed by atoms with Crippen LogP contribution in [0.2, 0.25) is 0 Å². The smallest absolute Gasteiger partial charge is 0.410 e. The van der Waals surface area contributed by atoms with E-state index in [0.717, 1.165) is 25.9 Å². The van der Waals surface area contributed by atoms with Crippen molar-refractivity contribution in [3.63, 3.8) is 0 Å². The van der Waals surface area contributed by atoms with Crippen LogP contribution >= 0.6 is 0 Å². The lowest BCUT2D eigenvalue weighted by atomic mass is 10.1. The standard InChI is InChI=1S/C13H26N2O2/c1-10-9-11(2)15(8-6-7-14-10)12(16)17-13(3,4)5/h10-11,14H,6-9H2,1-5H3. The van der Waals surface area contributed by atoms with E-state index in [2.05, 4.69) is 19.2 Å². The lowest BCUT2D eigenvalue weighted by Crippen LogP contribution is -2.47. The van der Waals surface area contributed by atoms with Gasteiger partial charge in [0.1, 0.15) is 5.60 Å². The molecule has 1 fully saturated rings. The predicted molar refractivity (Wildman–Crippen MR) is 69.1 cm³/mol. The summed E-state index contributed by atoms with van der Waals surface area (Å²) in [5, 5.41) is 3.44.